The van der Waals surface area contributed by atoms with Crippen LogP contribution in [0.4, 0.5) is 5.82 Å². The minimum absolute atomic E-state index is 0.106. The van der Waals surface area contributed by atoms with Crippen molar-refractivity contribution < 1.29 is 4.79 Å². The van der Waals surface area contributed by atoms with Gasteiger partial charge < -0.3 is 10.3 Å². The third-order valence-corrected chi connectivity index (χ3v) is 5.63. The molecule has 7 nitrogen and oxygen atoms in total. The Bertz CT molecular complexity index is 1100. The highest BCUT2D eigenvalue weighted by molar-refractivity contribution is 6.02. The van der Waals surface area contributed by atoms with Gasteiger partial charge in [0, 0.05) is 26.2 Å². The number of Topliss-reactive ketones (excluding diaryl/α,β-unsaturated/α-hetero) is 1. The van der Waals surface area contributed by atoms with Gasteiger partial charge in [-0.1, -0.05) is 36.4 Å². The number of fused-ring (bicyclic) bond motifs is 1. The molecular weight excluding hydrogens is 376 g/mol. The lowest BCUT2D eigenvalue weighted by Gasteiger charge is -2.39. The maximum atomic E-state index is 12.6. The first kappa shape index (κ1) is 18.7. The molecule has 7 heteroatoms. The first-order valence-corrected chi connectivity index (χ1v) is 10.2. The largest absolute Gasteiger partial charge is 0.352 e. The molecule has 0 spiro atoms. The van der Waals surface area contributed by atoms with Crippen molar-refractivity contribution in [1.82, 2.24) is 25.7 Å². The average molecular weight is 400 g/mol. The lowest BCUT2D eigenvalue weighted by Crippen LogP contribution is -2.56. The number of ketones is 1. The predicted molar refractivity (Wildman–Crippen MR) is 117 cm³/mol. The van der Waals surface area contributed by atoms with E-state index >= 15 is 0 Å². The quantitative estimate of drug-likeness (QED) is 0.678. The topological polar surface area (TPSA) is 64.6 Å². The summed E-state index contributed by atoms with van der Waals surface area (Å²) in [7, 11) is 0. The summed E-state index contributed by atoms with van der Waals surface area (Å²) >= 11 is 0. The smallest absolute Gasteiger partial charge is 0.197 e. The van der Waals surface area contributed by atoms with E-state index in [-0.39, 0.29) is 5.78 Å². The van der Waals surface area contributed by atoms with Gasteiger partial charge in [0.2, 0.25) is 0 Å². The van der Waals surface area contributed by atoms with Gasteiger partial charge in [0.1, 0.15) is 0 Å². The molecule has 0 atom stereocenters. The number of carbonyl (C=O) groups excluding carboxylic acids is 1. The summed E-state index contributed by atoms with van der Waals surface area (Å²) < 4.78 is 0. The number of piperazine rings is 1. The SMILES string of the molecule is Cc1ccc(N2CCN(N3CC(=O)C(=Cc4ccc5ccccc5c4)N3)CC2)nn1. The van der Waals surface area contributed by atoms with Crippen LogP contribution in [0.15, 0.2) is 60.3 Å². The van der Waals surface area contributed by atoms with E-state index in [1.54, 1.807) is 0 Å². The molecule has 0 bridgehead atoms. The summed E-state index contributed by atoms with van der Waals surface area (Å²) in [6.07, 6.45) is 1.94. The van der Waals surface area contributed by atoms with Crippen molar-refractivity contribution in [2.45, 2.75) is 6.92 Å². The number of rotatable bonds is 3. The van der Waals surface area contributed by atoms with Gasteiger partial charge in [0.05, 0.1) is 17.9 Å². The molecule has 2 fully saturated rings. The Morgan fingerprint density at radius 3 is 2.50 bits per heavy atom. The van der Waals surface area contributed by atoms with Crippen LogP contribution in [-0.2, 0) is 4.79 Å². The zero-order valence-corrected chi connectivity index (χ0v) is 17.0. The van der Waals surface area contributed by atoms with Gasteiger partial charge in [0.15, 0.2) is 11.6 Å². The second-order valence-electron chi connectivity index (χ2n) is 7.73. The second kappa shape index (κ2) is 7.85. The van der Waals surface area contributed by atoms with E-state index in [9.17, 15) is 4.79 Å². The first-order valence-electron chi connectivity index (χ1n) is 10.2. The van der Waals surface area contributed by atoms with Crippen molar-refractivity contribution in [2.75, 3.05) is 37.6 Å². The summed E-state index contributed by atoms with van der Waals surface area (Å²) in [5.74, 6) is 1.01. The summed E-state index contributed by atoms with van der Waals surface area (Å²) in [5, 5.41) is 14.9. The maximum Gasteiger partial charge on any atom is 0.197 e. The summed E-state index contributed by atoms with van der Waals surface area (Å²) in [4.78, 5) is 14.8. The van der Waals surface area contributed by atoms with E-state index in [2.05, 4.69) is 49.8 Å². The van der Waals surface area contributed by atoms with Gasteiger partial charge in [0.25, 0.3) is 0 Å². The zero-order chi connectivity index (χ0) is 20.5. The molecule has 3 aromatic rings. The fraction of sp³-hybridized carbons (Fsp3) is 0.261. The predicted octanol–water partition coefficient (Wildman–Crippen LogP) is 2.41. The van der Waals surface area contributed by atoms with Crippen LogP contribution in [0, 0.1) is 6.92 Å². The number of benzene rings is 2. The Morgan fingerprint density at radius 2 is 1.73 bits per heavy atom. The van der Waals surface area contributed by atoms with Crippen molar-refractivity contribution in [1.29, 1.82) is 0 Å². The van der Waals surface area contributed by atoms with E-state index in [0.29, 0.717) is 12.2 Å². The third-order valence-electron chi connectivity index (χ3n) is 5.63. The number of nitrogens with one attached hydrogen (secondary N) is 1. The molecule has 0 radical (unpaired) electrons. The molecule has 0 saturated carbocycles. The van der Waals surface area contributed by atoms with Crippen molar-refractivity contribution >= 4 is 28.4 Å². The Balaban J connectivity index is 1.25. The lowest BCUT2D eigenvalue weighted by atomic mass is 10.1. The van der Waals surface area contributed by atoms with Crippen LogP contribution in [0.25, 0.3) is 16.8 Å². The highest BCUT2D eigenvalue weighted by atomic mass is 16.1. The molecule has 2 aliphatic heterocycles. The zero-order valence-electron chi connectivity index (χ0n) is 17.0. The van der Waals surface area contributed by atoms with E-state index in [0.717, 1.165) is 43.3 Å². The Labute approximate surface area is 175 Å². The van der Waals surface area contributed by atoms with Crippen LogP contribution >= 0.6 is 0 Å². The molecule has 0 amide bonds. The molecular formula is C23H24N6O. The second-order valence-corrected chi connectivity index (χ2v) is 7.73. The fourth-order valence-corrected chi connectivity index (χ4v) is 3.94. The van der Waals surface area contributed by atoms with E-state index in [1.807, 2.05) is 48.4 Å². The van der Waals surface area contributed by atoms with Crippen molar-refractivity contribution in [3.05, 3.63) is 71.6 Å². The fourth-order valence-electron chi connectivity index (χ4n) is 3.94. The van der Waals surface area contributed by atoms with Gasteiger partial charge in [-0.05, 0) is 47.5 Å². The summed E-state index contributed by atoms with van der Waals surface area (Å²) in [6.45, 7) is 5.61. The van der Waals surface area contributed by atoms with E-state index in [4.69, 9.17) is 0 Å². The van der Waals surface area contributed by atoms with Crippen molar-refractivity contribution in [2.24, 2.45) is 0 Å². The molecule has 5 rings (SSSR count). The van der Waals surface area contributed by atoms with Crippen LogP contribution < -0.4 is 10.3 Å². The van der Waals surface area contributed by atoms with Crippen molar-refractivity contribution in [3.8, 4) is 0 Å². The van der Waals surface area contributed by atoms with Crippen LogP contribution in [0.3, 0.4) is 0 Å². The van der Waals surface area contributed by atoms with Crippen LogP contribution in [0.1, 0.15) is 11.3 Å². The normalized spacial score (nSPS) is 19.6. The molecule has 1 aromatic heterocycles. The monoisotopic (exact) mass is 400 g/mol. The van der Waals surface area contributed by atoms with Crippen LogP contribution in [-0.4, -0.2) is 58.8 Å². The molecule has 30 heavy (non-hydrogen) atoms. The number of carbonyl (C=O) groups is 1. The molecule has 2 aliphatic rings. The van der Waals surface area contributed by atoms with Gasteiger partial charge in [-0.15, -0.1) is 10.2 Å². The molecule has 152 valence electrons. The van der Waals surface area contributed by atoms with Crippen molar-refractivity contribution in [3.63, 3.8) is 0 Å². The van der Waals surface area contributed by atoms with Gasteiger partial charge >= 0.3 is 0 Å². The number of hydrogen-bond donors (Lipinski definition) is 1. The number of anilines is 1. The third kappa shape index (κ3) is 3.77. The molecule has 1 N–H and O–H groups in total. The van der Waals surface area contributed by atoms with E-state index in [1.165, 1.54) is 10.8 Å². The summed E-state index contributed by atoms with van der Waals surface area (Å²) in [6, 6.07) is 18.5. The molecule has 3 heterocycles. The number of hydrogen-bond acceptors (Lipinski definition) is 7. The van der Waals surface area contributed by atoms with Crippen LogP contribution in [0.5, 0.6) is 0 Å². The van der Waals surface area contributed by atoms with Gasteiger partial charge in [-0.25, -0.2) is 5.01 Å². The summed E-state index contributed by atoms with van der Waals surface area (Å²) in [5.41, 5.74) is 5.87. The highest BCUT2D eigenvalue weighted by Gasteiger charge is 2.31. The van der Waals surface area contributed by atoms with Gasteiger partial charge in [-0.3, -0.25) is 4.79 Å². The van der Waals surface area contributed by atoms with E-state index < -0.39 is 0 Å². The standard InChI is InChI=1S/C23H24N6O/c1-17-6-9-23(25-24-17)27-10-12-28(13-11-27)29-16-22(30)21(26-29)15-18-7-8-19-4-2-3-5-20(19)14-18/h2-9,14-15,26H,10-13,16H2,1H3. The van der Waals surface area contributed by atoms with Gasteiger partial charge in [-0.2, -0.15) is 5.10 Å². The number of aryl methyl sites for hydroxylation is 1. The Morgan fingerprint density at radius 1 is 0.933 bits per heavy atom. The maximum absolute atomic E-state index is 12.6. The first-order chi connectivity index (χ1) is 14.7. The number of nitrogens with zero attached hydrogens (tertiary/aromatic N) is 5. The highest BCUT2D eigenvalue weighted by Crippen LogP contribution is 2.20. The molecule has 0 aliphatic carbocycles. The Hall–Kier alpha value is -3.29. The average Bonchev–Trinajstić information content (AvgIpc) is 3.14. The number of aromatic nitrogens is 2. The number of hydrazine groups is 2. The molecule has 2 aromatic carbocycles. The minimum Gasteiger partial charge on any atom is -0.352 e. The molecule has 0 unspecified atom stereocenters. The van der Waals surface area contributed by atoms with Crippen LogP contribution in [0.2, 0.25) is 0 Å². The molecule has 2 saturated heterocycles. The Kier molecular flexibility index (Phi) is 4.90. The minimum atomic E-state index is 0.106. The lowest BCUT2D eigenvalue weighted by molar-refractivity contribution is -0.117.